The lowest BCUT2D eigenvalue weighted by molar-refractivity contribution is -0.0168. The SMILES string of the molecule is Cc1ccnc2c1ccn2C1CC(Oc2cc(C(C)(C)O)cc3c2CNCC3)[C@@H](O)[C@H]1O. The van der Waals surface area contributed by atoms with Crippen molar-refractivity contribution in [3.63, 3.8) is 0 Å². The van der Waals surface area contributed by atoms with Gasteiger partial charge in [0, 0.05) is 36.3 Å². The van der Waals surface area contributed by atoms with Gasteiger partial charge in [0.2, 0.25) is 0 Å². The van der Waals surface area contributed by atoms with Crippen LogP contribution in [0.3, 0.4) is 0 Å². The van der Waals surface area contributed by atoms with Crippen molar-refractivity contribution in [2.45, 2.75) is 70.1 Å². The van der Waals surface area contributed by atoms with E-state index in [0.717, 1.165) is 46.3 Å². The Balaban J connectivity index is 1.47. The van der Waals surface area contributed by atoms with Crippen LogP contribution >= 0.6 is 0 Å². The van der Waals surface area contributed by atoms with Gasteiger partial charge < -0.3 is 29.9 Å². The molecule has 3 heterocycles. The van der Waals surface area contributed by atoms with Crippen molar-refractivity contribution in [1.29, 1.82) is 0 Å². The standard InChI is InChI=1S/C25H31N3O4/c1-14-4-8-27-24-17(14)6-9-28(24)19-12-21(23(30)22(19)29)32-20-11-16(25(2,3)31)10-15-5-7-26-13-18(15)20/h4,6,8-11,19,21-23,26,29-31H,5,7,12-13H2,1-3H3/t19?,21?,22-,23+/m0/s1. The molecule has 0 saturated heterocycles. The van der Waals surface area contributed by atoms with Gasteiger partial charge in [0.05, 0.1) is 11.6 Å². The van der Waals surface area contributed by atoms with Crippen LogP contribution in [0.1, 0.15) is 48.6 Å². The maximum Gasteiger partial charge on any atom is 0.140 e. The number of nitrogens with one attached hydrogen (secondary N) is 1. The van der Waals surface area contributed by atoms with Gasteiger partial charge in [0.15, 0.2) is 0 Å². The fourth-order valence-corrected chi connectivity index (χ4v) is 5.01. The monoisotopic (exact) mass is 437 g/mol. The number of ether oxygens (including phenoxy) is 1. The molecule has 170 valence electrons. The Bertz CT molecular complexity index is 1150. The molecular formula is C25H31N3O4. The molecule has 32 heavy (non-hydrogen) atoms. The van der Waals surface area contributed by atoms with Crippen LogP contribution in [0.25, 0.3) is 11.0 Å². The number of aryl methyl sites for hydroxylation is 1. The summed E-state index contributed by atoms with van der Waals surface area (Å²) in [5.74, 6) is 0.662. The predicted octanol–water partition coefficient (Wildman–Crippen LogP) is 2.33. The first-order valence-corrected chi connectivity index (χ1v) is 11.3. The molecule has 1 aliphatic heterocycles. The molecule has 1 fully saturated rings. The van der Waals surface area contributed by atoms with Gasteiger partial charge in [0.25, 0.3) is 0 Å². The minimum Gasteiger partial charge on any atom is -0.487 e. The summed E-state index contributed by atoms with van der Waals surface area (Å²) in [4.78, 5) is 4.50. The molecule has 1 saturated carbocycles. The van der Waals surface area contributed by atoms with Crippen LogP contribution in [0.2, 0.25) is 0 Å². The summed E-state index contributed by atoms with van der Waals surface area (Å²) < 4.78 is 8.31. The molecule has 0 amide bonds. The molecule has 1 aliphatic carbocycles. The third-order valence-electron chi connectivity index (χ3n) is 6.95. The molecular weight excluding hydrogens is 406 g/mol. The highest BCUT2D eigenvalue weighted by Crippen LogP contribution is 2.39. The summed E-state index contributed by atoms with van der Waals surface area (Å²) in [6, 6.07) is 7.54. The molecule has 2 unspecified atom stereocenters. The second-order valence-electron chi connectivity index (χ2n) is 9.63. The average molecular weight is 438 g/mol. The van der Waals surface area contributed by atoms with E-state index in [0.29, 0.717) is 18.7 Å². The maximum atomic E-state index is 10.9. The fourth-order valence-electron chi connectivity index (χ4n) is 5.01. The first kappa shape index (κ1) is 21.4. The van der Waals surface area contributed by atoms with Crippen LogP contribution in [0.4, 0.5) is 0 Å². The molecule has 1 aromatic carbocycles. The Hall–Kier alpha value is -2.45. The van der Waals surface area contributed by atoms with Crippen molar-refractivity contribution in [3.8, 4) is 5.75 Å². The van der Waals surface area contributed by atoms with E-state index in [1.54, 1.807) is 20.0 Å². The summed E-state index contributed by atoms with van der Waals surface area (Å²) >= 11 is 0. The number of hydrogen-bond acceptors (Lipinski definition) is 6. The zero-order chi connectivity index (χ0) is 22.6. The maximum absolute atomic E-state index is 10.9. The highest BCUT2D eigenvalue weighted by atomic mass is 16.5. The Kier molecular flexibility index (Phi) is 5.25. The highest BCUT2D eigenvalue weighted by molar-refractivity contribution is 5.79. The number of aliphatic hydroxyl groups excluding tert-OH is 2. The zero-order valence-electron chi connectivity index (χ0n) is 18.7. The van der Waals surface area contributed by atoms with Gasteiger partial charge in [-0.05, 0) is 68.6 Å². The van der Waals surface area contributed by atoms with E-state index in [1.807, 2.05) is 42.0 Å². The molecule has 7 nitrogen and oxygen atoms in total. The van der Waals surface area contributed by atoms with Crippen LogP contribution in [0.15, 0.2) is 36.7 Å². The second kappa shape index (κ2) is 7.85. The molecule has 4 N–H and O–H groups in total. The van der Waals surface area contributed by atoms with Crippen molar-refractivity contribution >= 4 is 11.0 Å². The average Bonchev–Trinajstić information content (AvgIpc) is 3.30. The van der Waals surface area contributed by atoms with Gasteiger partial charge >= 0.3 is 0 Å². The van der Waals surface area contributed by atoms with Gasteiger partial charge in [-0.15, -0.1) is 0 Å². The van der Waals surface area contributed by atoms with Crippen LogP contribution < -0.4 is 10.1 Å². The van der Waals surface area contributed by atoms with Crippen LogP contribution in [0, 0.1) is 6.92 Å². The number of aromatic nitrogens is 2. The van der Waals surface area contributed by atoms with E-state index < -0.39 is 23.9 Å². The summed E-state index contributed by atoms with van der Waals surface area (Å²) in [6.45, 7) is 7.11. The lowest BCUT2D eigenvalue weighted by Gasteiger charge is -2.28. The van der Waals surface area contributed by atoms with Gasteiger partial charge in [-0.25, -0.2) is 4.98 Å². The van der Waals surface area contributed by atoms with E-state index in [1.165, 1.54) is 0 Å². The molecule has 7 heteroatoms. The van der Waals surface area contributed by atoms with Crippen molar-refractivity contribution < 1.29 is 20.1 Å². The number of nitrogens with zero attached hydrogens (tertiary/aromatic N) is 2. The molecule has 0 radical (unpaired) electrons. The Morgan fingerprint density at radius 1 is 1.19 bits per heavy atom. The molecule has 2 aliphatic rings. The molecule has 4 atom stereocenters. The zero-order valence-corrected chi connectivity index (χ0v) is 18.7. The first-order valence-electron chi connectivity index (χ1n) is 11.3. The largest absolute Gasteiger partial charge is 0.487 e. The smallest absolute Gasteiger partial charge is 0.140 e. The molecule has 3 aromatic rings. The number of pyridine rings is 1. The van der Waals surface area contributed by atoms with E-state index in [2.05, 4.69) is 10.3 Å². The molecule has 2 aromatic heterocycles. The van der Waals surface area contributed by atoms with Gasteiger partial charge in [0.1, 0.15) is 29.7 Å². The van der Waals surface area contributed by atoms with Gasteiger partial charge in [-0.2, -0.15) is 0 Å². The Morgan fingerprint density at radius 2 is 2.00 bits per heavy atom. The summed E-state index contributed by atoms with van der Waals surface area (Å²) in [6.07, 6.45) is 2.44. The predicted molar refractivity (Wildman–Crippen MR) is 122 cm³/mol. The third kappa shape index (κ3) is 3.59. The van der Waals surface area contributed by atoms with E-state index in [9.17, 15) is 15.3 Å². The minimum atomic E-state index is -1.03. The summed E-state index contributed by atoms with van der Waals surface area (Å²) in [5.41, 5.74) is 3.91. The number of hydrogen-bond donors (Lipinski definition) is 4. The van der Waals surface area contributed by atoms with Crippen molar-refractivity contribution in [2.24, 2.45) is 0 Å². The van der Waals surface area contributed by atoms with E-state index >= 15 is 0 Å². The summed E-state index contributed by atoms with van der Waals surface area (Å²) in [7, 11) is 0. The Morgan fingerprint density at radius 3 is 2.78 bits per heavy atom. The number of benzene rings is 1. The lowest BCUT2D eigenvalue weighted by Crippen LogP contribution is -2.35. The highest BCUT2D eigenvalue weighted by Gasteiger charge is 2.44. The first-order chi connectivity index (χ1) is 15.2. The quantitative estimate of drug-likeness (QED) is 0.500. The summed E-state index contributed by atoms with van der Waals surface area (Å²) in [5, 5.41) is 36.8. The molecule has 0 bridgehead atoms. The van der Waals surface area contributed by atoms with Crippen LogP contribution in [-0.4, -0.2) is 49.7 Å². The molecule has 5 rings (SSSR count). The minimum absolute atomic E-state index is 0.340. The topological polar surface area (TPSA) is 99.8 Å². The van der Waals surface area contributed by atoms with Crippen molar-refractivity contribution in [3.05, 3.63) is 58.9 Å². The van der Waals surface area contributed by atoms with E-state index in [-0.39, 0.29) is 6.04 Å². The number of aliphatic hydroxyl groups is 3. The normalized spacial score (nSPS) is 25.8. The molecule has 0 spiro atoms. The lowest BCUT2D eigenvalue weighted by atomic mass is 9.90. The van der Waals surface area contributed by atoms with Gasteiger partial charge in [-0.3, -0.25) is 0 Å². The fraction of sp³-hybridized carbons (Fsp3) is 0.480. The number of rotatable bonds is 4. The third-order valence-corrected chi connectivity index (χ3v) is 6.95. The van der Waals surface area contributed by atoms with Crippen LogP contribution in [0.5, 0.6) is 5.75 Å². The van der Waals surface area contributed by atoms with Crippen LogP contribution in [-0.2, 0) is 18.6 Å². The van der Waals surface area contributed by atoms with Gasteiger partial charge in [-0.1, -0.05) is 6.07 Å². The van der Waals surface area contributed by atoms with E-state index in [4.69, 9.17) is 4.74 Å². The Labute approximate surface area is 187 Å². The van der Waals surface area contributed by atoms with Crippen molar-refractivity contribution in [2.75, 3.05) is 6.54 Å². The number of fused-ring (bicyclic) bond motifs is 2. The van der Waals surface area contributed by atoms with Crippen molar-refractivity contribution in [1.82, 2.24) is 14.9 Å². The second-order valence-corrected chi connectivity index (χ2v) is 9.63.